The van der Waals surface area contributed by atoms with Crippen LogP contribution in [0.5, 0.6) is 0 Å². The van der Waals surface area contributed by atoms with E-state index in [-0.39, 0.29) is 5.82 Å². The third-order valence-corrected chi connectivity index (χ3v) is 6.36. The van der Waals surface area contributed by atoms with Gasteiger partial charge in [-0.3, -0.25) is 4.57 Å². The number of nitrogens with zero attached hydrogens (tertiary/aromatic N) is 2. The predicted octanol–water partition coefficient (Wildman–Crippen LogP) is 6.48. The summed E-state index contributed by atoms with van der Waals surface area (Å²) in [5, 5.41) is 1.61. The van der Waals surface area contributed by atoms with Gasteiger partial charge in [0.25, 0.3) is 0 Å². The van der Waals surface area contributed by atoms with Crippen LogP contribution in [0.1, 0.15) is 25.7 Å². The summed E-state index contributed by atoms with van der Waals surface area (Å²) in [4.78, 5) is 4.70. The minimum absolute atomic E-state index is 0.223. The zero-order valence-corrected chi connectivity index (χ0v) is 16.1. The molecule has 4 rings (SSSR count). The molecule has 5 heteroatoms. The molecule has 25 heavy (non-hydrogen) atoms. The van der Waals surface area contributed by atoms with Gasteiger partial charge in [0.05, 0.1) is 11.9 Å². The molecular weight excluding hydrogens is 399 g/mol. The number of halogens is 2. The predicted molar refractivity (Wildman–Crippen MR) is 105 cm³/mol. The first kappa shape index (κ1) is 16.9. The van der Waals surface area contributed by atoms with Crippen LogP contribution < -0.4 is 0 Å². The second-order valence-corrected chi connectivity index (χ2v) is 8.45. The van der Waals surface area contributed by atoms with Gasteiger partial charge in [-0.05, 0) is 49.2 Å². The van der Waals surface area contributed by atoms with Gasteiger partial charge < -0.3 is 0 Å². The normalized spacial score (nSPS) is 15.0. The lowest BCUT2D eigenvalue weighted by atomic mass is 10.1. The lowest BCUT2D eigenvalue weighted by Gasteiger charge is -2.14. The summed E-state index contributed by atoms with van der Waals surface area (Å²) in [6, 6.07) is 14.9. The van der Waals surface area contributed by atoms with Crippen molar-refractivity contribution in [2.45, 2.75) is 36.1 Å². The highest BCUT2D eigenvalue weighted by Crippen LogP contribution is 2.37. The maximum Gasteiger partial charge on any atom is 0.173 e. The van der Waals surface area contributed by atoms with Crippen LogP contribution >= 0.6 is 27.7 Å². The molecule has 3 aromatic rings. The van der Waals surface area contributed by atoms with Gasteiger partial charge in [-0.15, -0.1) is 0 Å². The fourth-order valence-electron chi connectivity index (χ4n) is 3.24. The van der Waals surface area contributed by atoms with Crippen molar-refractivity contribution in [2.24, 2.45) is 0 Å². The Labute approximate surface area is 159 Å². The van der Waals surface area contributed by atoms with Crippen LogP contribution in [0.4, 0.5) is 4.39 Å². The topological polar surface area (TPSA) is 17.8 Å². The van der Waals surface area contributed by atoms with E-state index >= 15 is 0 Å². The van der Waals surface area contributed by atoms with E-state index in [9.17, 15) is 4.39 Å². The summed E-state index contributed by atoms with van der Waals surface area (Å²) in [6.45, 7) is 0. The second kappa shape index (κ2) is 7.34. The molecule has 0 unspecified atom stereocenters. The van der Waals surface area contributed by atoms with Crippen molar-refractivity contribution in [3.63, 3.8) is 0 Å². The molecule has 2 aromatic carbocycles. The average molecular weight is 417 g/mol. The SMILES string of the molecule is Fc1ccc(-n2c(-c3ccc(Br)cc3)cnc2SC2CCCC2)cc1. The molecule has 128 valence electrons. The summed E-state index contributed by atoms with van der Waals surface area (Å²) in [6.07, 6.45) is 7.01. The zero-order valence-electron chi connectivity index (χ0n) is 13.7. The quantitative estimate of drug-likeness (QED) is 0.484. The smallest absolute Gasteiger partial charge is 0.173 e. The van der Waals surface area contributed by atoms with Crippen LogP contribution in [-0.2, 0) is 0 Å². The van der Waals surface area contributed by atoms with Crippen LogP contribution in [0.15, 0.2) is 64.4 Å². The summed E-state index contributed by atoms with van der Waals surface area (Å²) in [5.41, 5.74) is 3.07. The molecule has 1 aliphatic carbocycles. The molecule has 1 aliphatic rings. The van der Waals surface area contributed by atoms with Gasteiger partial charge in [-0.25, -0.2) is 9.37 Å². The largest absolute Gasteiger partial charge is 0.287 e. The number of rotatable bonds is 4. The van der Waals surface area contributed by atoms with Crippen LogP contribution in [0.2, 0.25) is 0 Å². The third kappa shape index (κ3) is 3.67. The summed E-state index contributed by atoms with van der Waals surface area (Å²) < 4.78 is 16.6. The number of imidazole rings is 1. The van der Waals surface area contributed by atoms with Crippen molar-refractivity contribution < 1.29 is 4.39 Å². The van der Waals surface area contributed by atoms with Gasteiger partial charge in [-0.2, -0.15) is 0 Å². The Balaban J connectivity index is 1.79. The van der Waals surface area contributed by atoms with Crippen molar-refractivity contribution in [3.8, 4) is 16.9 Å². The van der Waals surface area contributed by atoms with Crippen LogP contribution in [0, 0.1) is 5.82 Å². The van der Waals surface area contributed by atoms with Gasteiger partial charge >= 0.3 is 0 Å². The highest BCUT2D eigenvalue weighted by molar-refractivity contribution is 9.10. The fourth-order valence-corrected chi connectivity index (χ4v) is 4.79. The molecule has 0 N–H and O–H groups in total. The maximum absolute atomic E-state index is 13.4. The lowest BCUT2D eigenvalue weighted by molar-refractivity contribution is 0.627. The molecule has 1 saturated carbocycles. The lowest BCUT2D eigenvalue weighted by Crippen LogP contribution is -2.02. The number of thioether (sulfide) groups is 1. The minimum atomic E-state index is -0.223. The molecule has 0 radical (unpaired) electrons. The molecule has 0 bridgehead atoms. The van der Waals surface area contributed by atoms with Crippen molar-refractivity contribution in [1.29, 1.82) is 0 Å². The fraction of sp³-hybridized carbons (Fsp3) is 0.250. The summed E-state index contributed by atoms with van der Waals surface area (Å²) in [5.74, 6) is -0.223. The Morgan fingerprint density at radius 2 is 1.68 bits per heavy atom. The molecule has 1 aromatic heterocycles. The Morgan fingerprint density at radius 1 is 1.00 bits per heavy atom. The molecule has 0 amide bonds. The summed E-state index contributed by atoms with van der Waals surface area (Å²) >= 11 is 5.33. The highest BCUT2D eigenvalue weighted by atomic mass is 79.9. The Morgan fingerprint density at radius 3 is 2.36 bits per heavy atom. The highest BCUT2D eigenvalue weighted by Gasteiger charge is 2.21. The van der Waals surface area contributed by atoms with Gasteiger partial charge in [0.2, 0.25) is 0 Å². The van der Waals surface area contributed by atoms with Crippen LogP contribution in [0.25, 0.3) is 16.9 Å². The molecule has 2 nitrogen and oxygen atoms in total. The van der Waals surface area contributed by atoms with E-state index in [1.165, 1.54) is 37.8 Å². The number of aromatic nitrogens is 2. The Kier molecular flexibility index (Phi) is 4.95. The summed E-state index contributed by atoms with van der Waals surface area (Å²) in [7, 11) is 0. The van der Waals surface area contributed by atoms with Crippen molar-refractivity contribution in [3.05, 3.63) is 65.0 Å². The van der Waals surface area contributed by atoms with Gasteiger partial charge in [0.15, 0.2) is 5.16 Å². The van der Waals surface area contributed by atoms with E-state index < -0.39 is 0 Å². The maximum atomic E-state index is 13.4. The molecule has 0 spiro atoms. The van der Waals surface area contributed by atoms with Crippen LogP contribution in [0.3, 0.4) is 0 Å². The first-order valence-corrected chi connectivity index (χ1v) is 10.1. The molecule has 0 aliphatic heterocycles. The Hall–Kier alpha value is -1.59. The molecular formula is C20H18BrFN2S. The third-order valence-electron chi connectivity index (χ3n) is 4.53. The van der Waals surface area contributed by atoms with Gasteiger partial charge in [0.1, 0.15) is 5.82 Å². The molecule has 1 heterocycles. The molecule has 1 fully saturated rings. The van der Waals surface area contributed by atoms with Gasteiger partial charge in [0, 0.05) is 21.0 Å². The van der Waals surface area contributed by atoms with E-state index in [2.05, 4.69) is 32.6 Å². The average Bonchev–Trinajstić information content (AvgIpc) is 3.27. The van der Waals surface area contributed by atoms with E-state index in [0.29, 0.717) is 5.25 Å². The van der Waals surface area contributed by atoms with Crippen LogP contribution in [-0.4, -0.2) is 14.8 Å². The number of benzene rings is 2. The monoisotopic (exact) mass is 416 g/mol. The Bertz CT molecular complexity index is 852. The first-order valence-electron chi connectivity index (χ1n) is 8.47. The van der Waals surface area contributed by atoms with Crippen molar-refractivity contribution >= 4 is 27.7 Å². The van der Waals surface area contributed by atoms with E-state index in [4.69, 9.17) is 4.98 Å². The van der Waals surface area contributed by atoms with E-state index in [1.807, 2.05) is 42.2 Å². The number of hydrogen-bond acceptors (Lipinski definition) is 2. The van der Waals surface area contributed by atoms with E-state index in [1.54, 1.807) is 0 Å². The van der Waals surface area contributed by atoms with E-state index in [0.717, 1.165) is 26.6 Å². The van der Waals surface area contributed by atoms with Crippen molar-refractivity contribution in [1.82, 2.24) is 9.55 Å². The zero-order chi connectivity index (χ0) is 17.2. The molecule has 0 atom stereocenters. The first-order chi connectivity index (χ1) is 12.2. The minimum Gasteiger partial charge on any atom is -0.287 e. The molecule has 0 saturated heterocycles. The van der Waals surface area contributed by atoms with Crippen molar-refractivity contribution in [2.75, 3.05) is 0 Å². The standard InChI is InChI=1S/C20H18BrFN2S/c21-15-7-5-14(6-8-15)19-13-23-20(25-18-3-1-2-4-18)24(19)17-11-9-16(22)10-12-17/h5-13,18H,1-4H2. The van der Waals surface area contributed by atoms with Gasteiger partial charge in [-0.1, -0.05) is 52.7 Å². The number of hydrogen-bond donors (Lipinski definition) is 0. The second-order valence-electron chi connectivity index (χ2n) is 6.27.